The number of imidazole rings is 1. The van der Waals surface area contributed by atoms with Crippen LogP contribution in [0, 0.1) is 3.57 Å². The van der Waals surface area contributed by atoms with Gasteiger partial charge in [0.25, 0.3) is 0 Å². The summed E-state index contributed by atoms with van der Waals surface area (Å²) in [7, 11) is 0. The molecule has 2 heterocycles. The largest absolute Gasteiger partial charge is 0.382 e. The molecule has 0 amide bonds. The second-order valence-electron chi connectivity index (χ2n) is 3.93. The number of aromatic nitrogens is 4. The lowest BCUT2D eigenvalue weighted by Crippen LogP contribution is -2.02. The van der Waals surface area contributed by atoms with Gasteiger partial charge in [-0.05, 0) is 40.3 Å². The Morgan fingerprint density at radius 2 is 2.17 bits per heavy atom. The number of fused-ring (bicyclic) bond motifs is 1. The molecule has 6 heteroatoms. The molecule has 0 aliphatic heterocycles. The molecule has 2 aromatic heterocycles. The highest BCUT2D eigenvalue weighted by Gasteiger charge is 2.07. The van der Waals surface area contributed by atoms with Crippen molar-refractivity contribution in [3.8, 4) is 0 Å². The summed E-state index contributed by atoms with van der Waals surface area (Å²) in [6.45, 7) is 0. The van der Waals surface area contributed by atoms with E-state index in [-0.39, 0.29) is 0 Å². The summed E-state index contributed by atoms with van der Waals surface area (Å²) >= 11 is 2.29. The van der Waals surface area contributed by atoms with Crippen molar-refractivity contribution in [3.05, 3.63) is 45.6 Å². The fraction of sp³-hybridized carbons (Fsp3) is 0.0833. The van der Waals surface area contributed by atoms with Crippen molar-refractivity contribution in [2.24, 2.45) is 0 Å². The van der Waals surface area contributed by atoms with Gasteiger partial charge in [0.15, 0.2) is 11.5 Å². The molecule has 0 bridgehead atoms. The number of hydrogen-bond donors (Lipinski definition) is 2. The summed E-state index contributed by atoms with van der Waals surface area (Å²) in [5, 5.41) is 0. The minimum absolute atomic E-state index is 0.443. The number of nitrogen functional groups attached to an aromatic ring is 1. The summed E-state index contributed by atoms with van der Waals surface area (Å²) in [6, 6.07) is 8.23. The monoisotopic (exact) mass is 351 g/mol. The smallest absolute Gasteiger partial charge is 0.183 e. The van der Waals surface area contributed by atoms with Crippen LogP contribution in [-0.4, -0.2) is 19.9 Å². The van der Waals surface area contributed by atoms with Crippen molar-refractivity contribution in [3.63, 3.8) is 0 Å². The van der Waals surface area contributed by atoms with Gasteiger partial charge >= 0.3 is 0 Å². The zero-order valence-electron chi connectivity index (χ0n) is 9.39. The molecule has 0 spiro atoms. The highest BCUT2D eigenvalue weighted by Crippen LogP contribution is 2.16. The molecule has 90 valence electrons. The van der Waals surface area contributed by atoms with Gasteiger partial charge < -0.3 is 10.7 Å². The molecule has 3 rings (SSSR count). The average molecular weight is 351 g/mol. The lowest BCUT2D eigenvalue weighted by atomic mass is 10.1. The Morgan fingerprint density at radius 1 is 1.28 bits per heavy atom. The van der Waals surface area contributed by atoms with Crippen LogP contribution in [0.5, 0.6) is 0 Å². The third kappa shape index (κ3) is 2.15. The highest BCUT2D eigenvalue weighted by atomic mass is 127. The first kappa shape index (κ1) is 11.4. The van der Waals surface area contributed by atoms with Crippen molar-refractivity contribution in [2.75, 3.05) is 5.73 Å². The van der Waals surface area contributed by atoms with Crippen molar-refractivity contribution in [2.45, 2.75) is 6.42 Å². The lowest BCUT2D eigenvalue weighted by molar-refractivity contribution is 0.991. The van der Waals surface area contributed by atoms with Gasteiger partial charge in [0.1, 0.15) is 11.3 Å². The Morgan fingerprint density at radius 3 is 3.00 bits per heavy atom. The number of halogens is 1. The summed E-state index contributed by atoms with van der Waals surface area (Å²) in [4.78, 5) is 15.7. The molecule has 0 radical (unpaired) electrons. The number of hydrogen-bond acceptors (Lipinski definition) is 4. The molecule has 0 saturated heterocycles. The topological polar surface area (TPSA) is 80.5 Å². The van der Waals surface area contributed by atoms with Gasteiger partial charge in [-0.2, -0.15) is 0 Å². The second-order valence-corrected chi connectivity index (χ2v) is 5.18. The van der Waals surface area contributed by atoms with E-state index >= 15 is 0 Å². The number of nitrogens with one attached hydrogen (secondary N) is 1. The Kier molecular flexibility index (Phi) is 2.86. The summed E-state index contributed by atoms with van der Waals surface area (Å²) in [6.07, 6.45) is 2.23. The van der Waals surface area contributed by atoms with E-state index in [0.29, 0.717) is 29.2 Å². The van der Waals surface area contributed by atoms with Gasteiger partial charge in [0, 0.05) is 9.99 Å². The van der Waals surface area contributed by atoms with Gasteiger partial charge in [0.2, 0.25) is 0 Å². The van der Waals surface area contributed by atoms with Gasteiger partial charge in [-0.1, -0.05) is 12.1 Å². The maximum absolute atomic E-state index is 5.86. The fourth-order valence-electron chi connectivity index (χ4n) is 1.81. The lowest BCUT2D eigenvalue weighted by Gasteiger charge is -2.03. The SMILES string of the molecule is Nc1nc(Cc2cccc(I)c2)nc2nc[nH]c12. The van der Waals surface area contributed by atoms with Crippen molar-refractivity contribution in [1.29, 1.82) is 0 Å². The number of benzene rings is 1. The molecular formula is C12H10IN5. The molecule has 1 aromatic carbocycles. The number of nitrogens with two attached hydrogens (primary N) is 1. The molecular weight excluding hydrogens is 341 g/mol. The molecule has 5 nitrogen and oxygen atoms in total. The van der Waals surface area contributed by atoms with E-state index in [4.69, 9.17) is 5.73 Å². The molecule has 3 aromatic rings. The second kappa shape index (κ2) is 4.52. The van der Waals surface area contributed by atoms with Gasteiger partial charge in [0.05, 0.1) is 6.33 Å². The number of rotatable bonds is 2. The van der Waals surface area contributed by atoms with E-state index in [0.717, 1.165) is 5.56 Å². The summed E-state index contributed by atoms with van der Waals surface area (Å²) < 4.78 is 1.19. The third-order valence-corrected chi connectivity index (χ3v) is 3.28. The Labute approximate surface area is 117 Å². The zero-order chi connectivity index (χ0) is 12.5. The van der Waals surface area contributed by atoms with E-state index in [1.165, 1.54) is 3.57 Å². The van der Waals surface area contributed by atoms with Crippen molar-refractivity contribution < 1.29 is 0 Å². The standard InChI is InChI=1S/C12H10IN5/c13-8-3-1-2-7(4-8)5-9-17-11(14)10-12(18-9)16-6-15-10/h1-4,6H,5H2,(H3,14,15,16,17,18). The number of anilines is 1. The Balaban J connectivity index is 1.99. The Bertz CT molecular complexity index is 707. The van der Waals surface area contributed by atoms with Crippen LogP contribution in [0.25, 0.3) is 11.2 Å². The van der Waals surface area contributed by atoms with Crippen molar-refractivity contribution in [1.82, 2.24) is 19.9 Å². The van der Waals surface area contributed by atoms with Crippen LogP contribution < -0.4 is 5.73 Å². The first-order valence-corrected chi connectivity index (χ1v) is 6.50. The zero-order valence-corrected chi connectivity index (χ0v) is 11.5. The molecule has 3 N–H and O–H groups in total. The quantitative estimate of drug-likeness (QED) is 0.694. The fourth-order valence-corrected chi connectivity index (χ4v) is 2.42. The molecule has 0 saturated carbocycles. The number of nitrogens with zero attached hydrogens (tertiary/aromatic N) is 3. The van der Waals surface area contributed by atoms with Crippen LogP contribution in [0.15, 0.2) is 30.6 Å². The third-order valence-electron chi connectivity index (χ3n) is 2.61. The van der Waals surface area contributed by atoms with Crippen LogP contribution >= 0.6 is 22.6 Å². The van der Waals surface area contributed by atoms with E-state index in [9.17, 15) is 0 Å². The van der Waals surface area contributed by atoms with E-state index in [1.807, 2.05) is 6.07 Å². The normalized spacial score (nSPS) is 10.9. The van der Waals surface area contributed by atoms with Crippen LogP contribution in [0.1, 0.15) is 11.4 Å². The van der Waals surface area contributed by atoms with Gasteiger partial charge in [-0.15, -0.1) is 0 Å². The van der Waals surface area contributed by atoms with Gasteiger partial charge in [-0.25, -0.2) is 15.0 Å². The first-order valence-electron chi connectivity index (χ1n) is 5.42. The summed E-state index contributed by atoms with van der Waals surface area (Å²) in [5.74, 6) is 1.13. The maximum Gasteiger partial charge on any atom is 0.183 e. The van der Waals surface area contributed by atoms with E-state index < -0.39 is 0 Å². The minimum Gasteiger partial charge on any atom is -0.382 e. The molecule has 18 heavy (non-hydrogen) atoms. The minimum atomic E-state index is 0.443. The highest BCUT2D eigenvalue weighted by molar-refractivity contribution is 14.1. The van der Waals surface area contributed by atoms with Crippen LogP contribution in [-0.2, 0) is 6.42 Å². The molecule has 0 fully saturated rings. The average Bonchev–Trinajstić information content (AvgIpc) is 2.77. The molecule has 0 aliphatic rings. The van der Waals surface area contributed by atoms with E-state index in [1.54, 1.807) is 6.33 Å². The predicted octanol–water partition coefficient (Wildman–Crippen LogP) is 2.13. The van der Waals surface area contributed by atoms with Crippen molar-refractivity contribution >= 4 is 39.6 Å². The van der Waals surface area contributed by atoms with Crippen LogP contribution in [0.2, 0.25) is 0 Å². The first-order chi connectivity index (χ1) is 8.72. The number of H-pyrrole nitrogens is 1. The number of aromatic amines is 1. The summed E-state index contributed by atoms with van der Waals surface area (Å²) in [5.41, 5.74) is 8.33. The molecule has 0 aliphatic carbocycles. The predicted molar refractivity (Wildman–Crippen MR) is 78.1 cm³/mol. The van der Waals surface area contributed by atoms with Crippen LogP contribution in [0.3, 0.4) is 0 Å². The molecule has 0 atom stereocenters. The maximum atomic E-state index is 5.86. The Hall–Kier alpha value is -1.70. The molecule has 0 unspecified atom stereocenters. The van der Waals surface area contributed by atoms with E-state index in [2.05, 4.69) is 60.7 Å². The van der Waals surface area contributed by atoms with Crippen LogP contribution in [0.4, 0.5) is 5.82 Å². The van der Waals surface area contributed by atoms with Gasteiger partial charge in [-0.3, -0.25) is 0 Å².